The molecule has 2 rings (SSSR count). The third-order valence-electron chi connectivity index (χ3n) is 3.47. The summed E-state index contributed by atoms with van der Waals surface area (Å²) in [7, 11) is 0. The second-order valence-electron chi connectivity index (χ2n) is 5.31. The summed E-state index contributed by atoms with van der Waals surface area (Å²) in [5.41, 5.74) is 0.183. The number of hydrogen-bond acceptors (Lipinski definition) is 2. The quantitative estimate of drug-likeness (QED) is 0.905. The summed E-state index contributed by atoms with van der Waals surface area (Å²) in [5, 5.41) is 2.71. The molecular formula is C14H17BrN2O2. The van der Waals surface area contributed by atoms with Crippen LogP contribution < -0.4 is 5.32 Å². The van der Waals surface area contributed by atoms with Crippen LogP contribution in [0.5, 0.6) is 0 Å². The van der Waals surface area contributed by atoms with Crippen LogP contribution in [0.2, 0.25) is 0 Å². The lowest BCUT2D eigenvalue weighted by Crippen LogP contribution is -2.67. The van der Waals surface area contributed by atoms with Crippen LogP contribution in [0.25, 0.3) is 0 Å². The molecule has 1 aliphatic heterocycles. The molecule has 0 bridgehead atoms. The average Bonchev–Trinajstić information content (AvgIpc) is 2.35. The molecule has 19 heavy (non-hydrogen) atoms. The Balaban J connectivity index is 2.27. The molecule has 4 nitrogen and oxygen atoms in total. The third kappa shape index (κ3) is 2.66. The summed E-state index contributed by atoms with van der Waals surface area (Å²) in [6.45, 7) is 5.69. The lowest BCUT2D eigenvalue weighted by Gasteiger charge is -2.43. The van der Waals surface area contributed by atoms with Crippen LogP contribution in [-0.4, -0.2) is 28.3 Å². The number of benzene rings is 1. The standard InChI is InChI=1S/C14H17BrN2O2/c1-9-12(18)17(14(2,3)13(19)16-9)8-10-4-6-11(15)7-5-10/h4-7,9H,8H2,1-3H3,(H,16,19). The lowest BCUT2D eigenvalue weighted by atomic mass is 9.95. The number of amides is 2. The fourth-order valence-corrected chi connectivity index (χ4v) is 2.38. The van der Waals surface area contributed by atoms with Crippen molar-refractivity contribution in [3.05, 3.63) is 34.3 Å². The molecule has 2 amide bonds. The third-order valence-corrected chi connectivity index (χ3v) is 4.00. The predicted molar refractivity (Wildman–Crippen MR) is 76.4 cm³/mol. The largest absolute Gasteiger partial charge is 0.343 e. The van der Waals surface area contributed by atoms with E-state index in [9.17, 15) is 9.59 Å². The maximum atomic E-state index is 12.3. The molecule has 1 saturated heterocycles. The van der Waals surface area contributed by atoms with Gasteiger partial charge in [-0.3, -0.25) is 9.59 Å². The zero-order valence-corrected chi connectivity index (χ0v) is 12.8. The van der Waals surface area contributed by atoms with Crippen molar-refractivity contribution in [3.8, 4) is 0 Å². The second-order valence-corrected chi connectivity index (χ2v) is 6.22. The van der Waals surface area contributed by atoms with E-state index in [1.807, 2.05) is 24.3 Å². The van der Waals surface area contributed by atoms with Gasteiger partial charge in [-0.1, -0.05) is 28.1 Å². The number of carbonyl (C=O) groups is 2. The smallest absolute Gasteiger partial charge is 0.246 e. The highest BCUT2D eigenvalue weighted by atomic mass is 79.9. The Morgan fingerprint density at radius 2 is 1.84 bits per heavy atom. The van der Waals surface area contributed by atoms with Gasteiger partial charge in [-0.05, 0) is 38.5 Å². The molecule has 1 atom stereocenters. The van der Waals surface area contributed by atoms with E-state index in [1.54, 1.807) is 25.7 Å². The van der Waals surface area contributed by atoms with E-state index in [4.69, 9.17) is 0 Å². The summed E-state index contributed by atoms with van der Waals surface area (Å²) in [5.74, 6) is -0.163. The summed E-state index contributed by atoms with van der Waals surface area (Å²) >= 11 is 3.38. The first-order valence-electron chi connectivity index (χ1n) is 6.19. The Labute approximate surface area is 121 Å². The minimum Gasteiger partial charge on any atom is -0.343 e. The summed E-state index contributed by atoms with van der Waals surface area (Å²) in [6.07, 6.45) is 0. The van der Waals surface area contributed by atoms with E-state index in [-0.39, 0.29) is 11.8 Å². The van der Waals surface area contributed by atoms with Crippen LogP contribution >= 0.6 is 15.9 Å². The summed E-state index contributed by atoms with van der Waals surface area (Å²) in [4.78, 5) is 25.9. The molecule has 1 aliphatic rings. The summed E-state index contributed by atoms with van der Waals surface area (Å²) < 4.78 is 0.992. The molecule has 0 radical (unpaired) electrons. The molecule has 1 unspecified atom stereocenters. The topological polar surface area (TPSA) is 49.4 Å². The van der Waals surface area contributed by atoms with Gasteiger partial charge in [0.15, 0.2) is 0 Å². The molecule has 1 fully saturated rings. The Bertz CT molecular complexity index is 511. The van der Waals surface area contributed by atoms with Crippen LogP contribution in [-0.2, 0) is 16.1 Å². The zero-order valence-electron chi connectivity index (χ0n) is 11.2. The summed E-state index contributed by atoms with van der Waals surface area (Å²) in [6, 6.07) is 7.30. The van der Waals surface area contributed by atoms with Crippen LogP contribution in [0.15, 0.2) is 28.7 Å². The van der Waals surface area contributed by atoms with Gasteiger partial charge < -0.3 is 10.2 Å². The Morgan fingerprint density at radius 1 is 1.26 bits per heavy atom. The molecule has 1 aromatic rings. The van der Waals surface area contributed by atoms with Gasteiger partial charge in [-0.25, -0.2) is 0 Å². The molecule has 102 valence electrons. The van der Waals surface area contributed by atoms with Crippen molar-refractivity contribution in [2.24, 2.45) is 0 Å². The normalized spacial score (nSPS) is 22.3. The van der Waals surface area contributed by atoms with Gasteiger partial charge in [0, 0.05) is 11.0 Å². The van der Waals surface area contributed by atoms with E-state index in [1.165, 1.54) is 0 Å². The molecule has 0 saturated carbocycles. The molecule has 5 heteroatoms. The molecule has 0 aromatic heterocycles. The van der Waals surface area contributed by atoms with E-state index in [0.29, 0.717) is 6.54 Å². The maximum absolute atomic E-state index is 12.3. The lowest BCUT2D eigenvalue weighted by molar-refractivity contribution is -0.155. The molecule has 0 spiro atoms. The van der Waals surface area contributed by atoms with Crippen molar-refractivity contribution in [2.75, 3.05) is 0 Å². The zero-order chi connectivity index (χ0) is 14.2. The van der Waals surface area contributed by atoms with Crippen molar-refractivity contribution in [2.45, 2.75) is 38.9 Å². The molecule has 1 heterocycles. The molecular weight excluding hydrogens is 308 g/mol. The molecule has 1 N–H and O–H groups in total. The van der Waals surface area contributed by atoms with Crippen molar-refractivity contribution in [1.82, 2.24) is 10.2 Å². The Hall–Kier alpha value is -1.36. The molecule has 1 aromatic carbocycles. The van der Waals surface area contributed by atoms with Crippen LogP contribution in [0.4, 0.5) is 0 Å². The number of nitrogens with zero attached hydrogens (tertiary/aromatic N) is 1. The fourth-order valence-electron chi connectivity index (χ4n) is 2.11. The Morgan fingerprint density at radius 3 is 2.42 bits per heavy atom. The first-order chi connectivity index (χ1) is 8.82. The number of carbonyl (C=O) groups excluding carboxylic acids is 2. The van der Waals surface area contributed by atoms with Crippen molar-refractivity contribution in [1.29, 1.82) is 0 Å². The van der Waals surface area contributed by atoms with E-state index in [0.717, 1.165) is 10.0 Å². The first kappa shape index (κ1) is 14.1. The number of halogens is 1. The van der Waals surface area contributed by atoms with Gasteiger partial charge in [0.05, 0.1) is 0 Å². The number of nitrogens with one attached hydrogen (secondary N) is 1. The monoisotopic (exact) mass is 324 g/mol. The maximum Gasteiger partial charge on any atom is 0.246 e. The minimum absolute atomic E-state index is 0.0486. The van der Waals surface area contributed by atoms with Crippen LogP contribution in [0.1, 0.15) is 26.3 Å². The van der Waals surface area contributed by atoms with Crippen molar-refractivity contribution >= 4 is 27.7 Å². The Kier molecular flexibility index (Phi) is 3.67. The van der Waals surface area contributed by atoms with E-state index < -0.39 is 11.6 Å². The van der Waals surface area contributed by atoms with Gasteiger partial charge in [-0.15, -0.1) is 0 Å². The number of hydrogen-bond donors (Lipinski definition) is 1. The van der Waals surface area contributed by atoms with E-state index in [2.05, 4.69) is 21.2 Å². The highest BCUT2D eigenvalue weighted by molar-refractivity contribution is 9.10. The number of piperazine rings is 1. The minimum atomic E-state index is -0.823. The van der Waals surface area contributed by atoms with Crippen LogP contribution in [0.3, 0.4) is 0 Å². The van der Waals surface area contributed by atoms with Gasteiger partial charge in [0.1, 0.15) is 11.6 Å². The highest BCUT2D eigenvalue weighted by Crippen LogP contribution is 2.24. The fraction of sp³-hybridized carbons (Fsp3) is 0.429. The SMILES string of the molecule is CC1NC(=O)C(C)(C)N(Cc2ccc(Br)cc2)C1=O. The second kappa shape index (κ2) is 4.96. The van der Waals surface area contributed by atoms with E-state index >= 15 is 0 Å². The first-order valence-corrected chi connectivity index (χ1v) is 6.98. The highest BCUT2D eigenvalue weighted by Gasteiger charge is 2.44. The van der Waals surface area contributed by atoms with Gasteiger partial charge >= 0.3 is 0 Å². The average molecular weight is 325 g/mol. The van der Waals surface area contributed by atoms with Gasteiger partial charge in [-0.2, -0.15) is 0 Å². The molecule has 0 aliphatic carbocycles. The number of rotatable bonds is 2. The van der Waals surface area contributed by atoms with Crippen LogP contribution in [0, 0.1) is 0 Å². The van der Waals surface area contributed by atoms with Crippen molar-refractivity contribution < 1.29 is 9.59 Å². The van der Waals surface area contributed by atoms with Gasteiger partial charge in [0.2, 0.25) is 11.8 Å². The van der Waals surface area contributed by atoms with Gasteiger partial charge in [0.25, 0.3) is 0 Å². The predicted octanol–water partition coefficient (Wildman–Crippen LogP) is 2.07. The van der Waals surface area contributed by atoms with Crippen molar-refractivity contribution in [3.63, 3.8) is 0 Å².